The number of anilines is 1. The minimum atomic E-state index is -1.39. The standard InChI is InChI=1S/C21H23F2N3O3/c1-24-8-13-4-2-3-12(24)9-25(13)19-16(22)7-14-18(17(19)23)26(11-5-6-11)10-15(20(14)27)21(28)29/h7,10-13H,2-6,8-9H2,1H3,(H,28,29). The van der Waals surface area contributed by atoms with Crippen LogP contribution in [0, 0.1) is 11.6 Å². The Kier molecular flexibility index (Phi) is 4.17. The molecule has 4 fully saturated rings. The van der Waals surface area contributed by atoms with Crippen molar-refractivity contribution < 1.29 is 18.7 Å². The van der Waals surface area contributed by atoms with Crippen molar-refractivity contribution in [1.29, 1.82) is 0 Å². The fourth-order valence-electron chi connectivity index (χ4n) is 5.01. The summed E-state index contributed by atoms with van der Waals surface area (Å²) in [6.45, 7) is 1.29. The molecule has 29 heavy (non-hydrogen) atoms. The average Bonchev–Trinajstić information content (AvgIpc) is 3.51. The van der Waals surface area contributed by atoms with Crippen LogP contribution in [0.25, 0.3) is 10.9 Å². The van der Waals surface area contributed by atoms with Crippen LogP contribution in [-0.2, 0) is 0 Å². The number of fused-ring (bicyclic) bond motifs is 5. The molecule has 1 N–H and O–H groups in total. The van der Waals surface area contributed by atoms with Gasteiger partial charge in [-0.2, -0.15) is 0 Å². The molecule has 8 heteroatoms. The van der Waals surface area contributed by atoms with Crippen molar-refractivity contribution in [3.05, 3.63) is 39.7 Å². The highest BCUT2D eigenvalue weighted by Gasteiger charge is 2.38. The minimum Gasteiger partial charge on any atom is -0.477 e. The van der Waals surface area contributed by atoms with Gasteiger partial charge >= 0.3 is 5.97 Å². The zero-order chi connectivity index (χ0) is 20.4. The number of hydrogen-bond acceptors (Lipinski definition) is 4. The Morgan fingerprint density at radius 1 is 1.10 bits per heavy atom. The Morgan fingerprint density at radius 2 is 1.83 bits per heavy atom. The van der Waals surface area contributed by atoms with Crippen molar-refractivity contribution in [2.75, 3.05) is 25.0 Å². The average molecular weight is 403 g/mol. The van der Waals surface area contributed by atoms with Gasteiger partial charge in [-0.1, -0.05) is 0 Å². The largest absolute Gasteiger partial charge is 0.477 e. The molecule has 2 aromatic rings. The van der Waals surface area contributed by atoms with E-state index in [2.05, 4.69) is 4.90 Å². The van der Waals surface area contributed by atoms with E-state index in [0.29, 0.717) is 6.54 Å². The van der Waals surface area contributed by atoms with Crippen LogP contribution in [-0.4, -0.2) is 52.8 Å². The summed E-state index contributed by atoms with van der Waals surface area (Å²) in [6, 6.07) is 1.22. The molecule has 1 aliphatic carbocycles. The molecule has 2 atom stereocenters. The lowest BCUT2D eigenvalue weighted by molar-refractivity contribution is 0.0695. The Balaban J connectivity index is 1.74. The fraction of sp³-hybridized carbons (Fsp3) is 0.524. The van der Waals surface area contributed by atoms with Crippen molar-refractivity contribution in [2.24, 2.45) is 0 Å². The highest BCUT2D eigenvalue weighted by Crippen LogP contribution is 2.41. The lowest BCUT2D eigenvalue weighted by Crippen LogP contribution is -2.55. The number of pyridine rings is 1. The molecule has 0 spiro atoms. The second kappa shape index (κ2) is 6.52. The topological polar surface area (TPSA) is 65.8 Å². The normalized spacial score (nSPS) is 24.9. The smallest absolute Gasteiger partial charge is 0.341 e. The Labute approximate surface area is 166 Å². The van der Waals surface area contributed by atoms with Gasteiger partial charge in [0.25, 0.3) is 0 Å². The number of carboxylic acids is 1. The molecule has 1 saturated carbocycles. The molecular weight excluding hydrogens is 380 g/mol. The van der Waals surface area contributed by atoms with Crippen LogP contribution in [0.5, 0.6) is 0 Å². The summed E-state index contributed by atoms with van der Waals surface area (Å²) in [7, 11) is 2.05. The van der Waals surface area contributed by atoms with E-state index in [0.717, 1.165) is 44.7 Å². The number of nitrogens with zero attached hydrogens (tertiary/aromatic N) is 3. The first kappa shape index (κ1) is 18.5. The van der Waals surface area contributed by atoms with Gasteiger partial charge in [0.15, 0.2) is 5.82 Å². The van der Waals surface area contributed by atoms with E-state index in [-0.39, 0.29) is 34.7 Å². The molecule has 2 bridgehead atoms. The van der Waals surface area contributed by atoms with Gasteiger partial charge in [0.1, 0.15) is 17.1 Å². The van der Waals surface area contributed by atoms with Gasteiger partial charge in [-0.05, 0) is 45.2 Å². The molecule has 4 aliphatic rings. The van der Waals surface area contributed by atoms with Crippen LogP contribution in [0.2, 0.25) is 0 Å². The highest BCUT2D eigenvalue weighted by molar-refractivity contribution is 5.94. The summed E-state index contributed by atoms with van der Waals surface area (Å²) < 4.78 is 32.5. The van der Waals surface area contributed by atoms with Crippen molar-refractivity contribution in [1.82, 2.24) is 9.47 Å². The molecule has 1 aromatic carbocycles. The first-order valence-electron chi connectivity index (χ1n) is 10.1. The third-order valence-electron chi connectivity index (χ3n) is 6.69. The molecule has 3 aliphatic heterocycles. The third-order valence-corrected chi connectivity index (χ3v) is 6.69. The lowest BCUT2D eigenvalue weighted by Gasteiger charge is -2.43. The van der Waals surface area contributed by atoms with Gasteiger partial charge in [0, 0.05) is 37.4 Å². The second-order valence-corrected chi connectivity index (χ2v) is 8.56. The quantitative estimate of drug-likeness (QED) is 0.854. The SMILES string of the molecule is CN1CC2CCCC1CN2c1c(F)cc2c(=O)c(C(=O)O)cn(C3CC3)c2c1F. The molecular formula is C21H23F2N3O3. The molecule has 0 amide bonds. The number of aromatic carboxylic acids is 1. The van der Waals surface area contributed by atoms with E-state index in [9.17, 15) is 14.7 Å². The predicted molar refractivity (Wildman–Crippen MR) is 105 cm³/mol. The van der Waals surface area contributed by atoms with Crippen molar-refractivity contribution in [2.45, 2.75) is 50.2 Å². The summed E-state index contributed by atoms with van der Waals surface area (Å²) in [6.07, 6.45) is 5.66. The minimum absolute atomic E-state index is 0.0135. The second-order valence-electron chi connectivity index (χ2n) is 8.56. The number of aromatic nitrogens is 1. The van der Waals surface area contributed by atoms with Crippen LogP contribution >= 0.6 is 0 Å². The van der Waals surface area contributed by atoms with Crippen LogP contribution in [0.4, 0.5) is 14.5 Å². The van der Waals surface area contributed by atoms with Crippen LogP contribution in [0.3, 0.4) is 0 Å². The summed E-state index contributed by atoms with van der Waals surface area (Å²) in [5.41, 5.74) is -1.36. The number of piperazine rings is 1. The maximum Gasteiger partial charge on any atom is 0.341 e. The molecule has 154 valence electrons. The maximum absolute atomic E-state index is 15.8. The first-order chi connectivity index (χ1) is 13.9. The van der Waals surface area contributed by atoms with Crippen LogP contribution < -0.4 is 10.3 Å². The third kappa shape index (κ3) is 2.84. The van der Waals surface area contributed by atoms with Gasteiger partial charge in [-0.25, -0.2) is 13.6 Å². The lowest BCUT2D eigenvalue weighted by atomic mass is 10.0. The number of hydrogen-bond donors (Lipinski definition) is 1. The summed E-state index contributed by atoms with van der Waals surface area (Å²) in [4.78, 5) is 28.2. The summed E-state index contributed by atoms with van der Waals surface area (Å²) in [5, 5.41) is 9.16. The van der Waals surface area contributed by atoms with E-state index >= 15 is 8.78 Å². The zero-order valence-corrected chi connectivity index (χ0v) is 16.2. The molecule has 4 heterocycles. The highest BCUT2D eigenvalue weighted by atomic mass is 19.1. The number of carboxylic acid groups (broad SMARTS) is 1. The fourth-order valence-corrected chi connectivity index (χ4v) is 5.01. The van der Waals surface area contributed by atoms with E-state index in [4.69, 9.17) is 0 Å². The Morgan fingerprint density at radius 3 is 2.52 bits per heavy atom. The van der Waals surface area contributed by atoms with Gasteiger partial charge in [0.05, 0.1) is 10.9 Å². The van der Waals surface area contributed by atoms with Gasteiger partial charge < -0.3 is 14.6 Å². The first-order valence-corrected chi connectivity index (χ1v) is 10.1. The molecule has 6 rings (SSSR count). The summed E-state index contributed by atoms with van der Waals surface area (Å²) >= 11 is 0. The number of benzene rings is 1. The van der Waals surface area contributed by atoms with Gasteiger partial charge in [0.2, 0.25) is 5.43 Å². The van der Waals surface area contributed by atoms with Crippen LogP contribution in [0.1, 0.15) is 48.5 Å². The maximum atomic E-state index is 15.8. The molecule has 6 nitrogen and oxygen atoms in total. The van der Waals surface area contributed by atoms with Gasteiger partial charge in [-0.3, -0.25) is 9.69 Å². The monoisotopic (exact) mass is 403 g/mol. The van der Waals surface area contributed by atoms with E-state index in [1.807, 2.05) is 11.9 Å². The predicted octanol–water partition coefficient (Wildman–Crippen LogP) is 2.99. The Bertz CT molecular complexity index is 1080. The van der Waals surface area contributed by atoms with E-state index in [1.54, 1.807) is 0 Å². The molecule has 2 unspecified atom stereocenters. The Hall–Kier alpha value is -2.48. The van der Waals surface area contributed by atoms with E-state index in [1.165, 1.54) is 10.8 Å². The van der Waals surface area contributed by atoms with Crippen molar-refractivity contribution in [3.63, 3.8) is 0 Å². The van der Waals surface area contributed by atoms with Gasteiger partial charge in [-0.15, -0.1) is 0 Å². The number of rotatable bonds is 3. The molecule has 3 saturated heterocycles. The number of carbonyl (C=O) groups is 1. The number of halogens is 2. The van der Waals surface area contributed by atoms with Crippen molar-refractivity contribution >= 4 is 22.6 Å². The van der Waals surface area contributed by atoms with Crippen LogP contribution in [0.15, 0.2) is 17.1 Å². The zero-order valence-electron chi connectivity index (χ0n) is 16.2. The number of likely N-dealkylation sites (N-methyl/N-ethyl adjacent to an activating group) is 1. The molecule has 1 aromatic heterocycles. The summed E-state index contributed by atoms with van der Waals surface area (Å²) in [5.74, 6) is -2.94. The molecule has 0 radical (unpaired) electrons. The van der Waals surface area contributed by atoms with Crippen molar-refractivity contribution in [3.8, 4) is 0 Å². The van der Waals surface area contributed by atoms with E-state index < -0.39 is 28.6 Å².